The van der Waals surface area contributed by atoms with Crippen molar-refractivity contribution in [3.8, 4) is 11.5 Å². The molecule has 0 unspecified atom stereocenters. The van der Waals surface area contributed by atoms with Crippen LogP contribution in [0.5, 0.6) is 11.5 Å². The van der Waals surface area contributed by atoms with Crippen molar-refractivity contribution in [2.24, 2.45) is 5.10 Å². The van der Waals surface area contributed by atoms with E-state index in [1.54, 1.807) is 25.3 Å². The molecule has 0 saturated heterocycles. The molecule has 1 amide bonds. The highest BCUT2D eigenvalue weighted by Crippen LogP contribution is 2.36. The number of carbonyl (C=O) groups is 1. The van der Waals surface area contributed by atoms with E-state index < -0.39 is 0 Å². The van der Waals surface area contributed by atoms with Crippen molar-refractivity contribution in [3.05, 3.63) is 98.5 Å². The molecule has 0 fully saturated rings. The Morgan fingerprint density at radius 2 is 1.91 bits per heavy atom. The number of hydrogen-bond donors (Lipinski definition) is 1. The van der Waals surface area contributed by atoms with Gasteiger partial charge in [-0.3, -0.25) is 4.79 Å². The van der Waals surface area contributed by atoms with Gasteiger partial charge in [0.15, 0.2) is 11.5 Å². The fraction of sp³-hybridized carbons (Fsp3) is 0.120. The summed E-state index contributed by atoms with van der Waals surface area (Å²) in [6.07, 6.45) is 4.53. The third kappa shape index (κ3) is 6.70. The van der Waals surface area contributed by atoms with E-state index in [1.165, 1.54) is 17.9 Å². The predicted molar refractivity (Wildman–Crippen MR) is 132 cm³/mol. The monoisotopic (exact) mass is 512 g/mol. The first-order valence-electron chi connectivity index (χ1n) is 9.78. The average molecular weight is 514 g/mol. The molecule has 0 bridgehead atoms. The molecule has 164 valence electrons. The van der Waals surface area contributed by atoms with Gasteiger partial charge in [0.05, 0.1) is 17.8 Å². The zero-order chi connectivity index (χ0) is 22.9. The lowest BCUT2D eigenvalue weighted by Gasteiger charge is -2.13. The topological polar surface area (TPSA) is 59.9 Å². The predicted octanol–water partition coefficient (Wildman–Crippen LogP) is 6.16. The Bertz CT molecular complexity index is 1140. The number of ether oxygens (including phenoxy) is 2. The van der Waals surface area contributed by atoms with E-state index in [-0.39, 0.29) is 5.91 Å². The van der Waals surface area contributed by atoms with Crippen LogP contribution in [0.2, 0.25) is 5.02 Å². The Morgan fingerprint density at radius 1 is 1.16 bits per heavy atom. The van der Waals surface area contributed by atoms with Crippen molar-refractivity contribution in [3.63, 3.8) is 0 Å². The van der Waals surface area contributed by atoms with Gasteiger partial charge in [0.2, 0.25) is 0 Å². The SMILES string of the molecule is COc1cc(/C=N\NC(=O)/C=C/c2ccccc2Cl)cc(Br)c1OCc1ccc(C)cc1. The zero-order valence-electron chi connectivity index (χ0n) is 17.6. The highest BCUT2D eigenvalue weighted by molar-refractivity contribution is 9.10. The van der Waals surface area contributed by atoms with E-state index in [1.807, 2.05) is 55.5 Å². The Labute approximate surface area is 200 Å². The molecule has 32 heavy (non-hydrogen) atoms. The molecular weight excluding hydrogens is 492 g/mol. The molecule has 0 aliphatic carbocycles. The van der Waals surface area contributed by atoms with E-state index >= 15 is 0 Å². The summed E-state index contributed by atoms with van der Waals surface area (Å²) < 4.78 is 12.2. The maximum Gasteiger partial charge on any atom is 0.264 e. The first-order chi connectivity index (χ1) is 15.5. The van der Waals surface area contributed by atoms with Gasteiger partial charge in [0.25, 0.3) is 5.91 Å². The fourth-order valence-corrected chi connectivity index (χ4v) is 3.55. The average Bonchev–Trinajstić information content (AvgIpc) is 2.78. The summed E-state index contributed by atoms with van der Waals surface area (Å²) >= 11 is 9.60. The lowest BCUT2D eigenvalue weighted by molar-refractivity contribution is -0.116. The van der Waals surface area contributed by atoms with Crippen LogP contribution in [-0.4, -0.2) is 19.2 Å². The summed E-state index contributed by atoms with van der Waals surface area (Å²) in [7, 11) is 1.57. The van der Waals surface area contributed by atoms with Crippen molar-refractivity contribution >= 4 is 45.7 Å². The van der Waals surface area contributed by atoms with Crippen LogP contribution < -0.4 is 14.9 Å². The Kier molecular flexibility index (Phi) is 8.48. The maximum atomic E-state index is 12.0. The number of amides is 1. The molecule has 3 aromatic rings. The molecule has 0 spiro atoms. The summed E-state index contributed by atoms with van der Waals surface area (Å²) in [4.78, 5) is 12.0. The van der Waals surface area contributed by atoms with Crippen molar-refractivity contribution in [2.75, 3.05) is 7.11 Å². The second-order valence-corrected chi connectivity index (χ2v) is 8.16. The van der Waals surface area contributed by atoms with Crippen molar-refractivity contribution in [1.82, 2.24) is 5.43 Å². The summed E-state index contributed by atoms with van der Waals surface area (Å²) in [5.41, 5.74) is 6.19. The highest BCUT2D eigenvalue weighted by atomic mass is 79.9. The van der Waals surface area contributed by atoms with Crippen molar-refractivity contribution < 1.29 is 14.3 Å². The van der Waals surface area contributed by atoms with E-state index in [9.17, 15) is 4.79 Å². The van der Waals surface area contributed by atoms with Crippen LogP contribution >= 0.6 is 27.5 Å². The molecule has 5 nitrogen and oxygen atoms in total. The third-order valence-corrected chi connectivity index (χ3v) is 5.40. The molecular formula is C25H22BrClN2O3. The smallest absolute Gasteiger partial charge is 0.264 e. The molecule has 3 rings (SSSR count). The number of nitrogens with one attached hydrogen (secondary N) is 1. The Morgan fingerprint density at radius 3 is 2.62 bits per heavy atom. The minimum Gasteiger partial charge on any atom is -0.493 e. The molecule has 0 atom stereocenters. The number of halogens is 2. The van der Waals surface area contributed by atoms with E-state index in [0.717, 1.165) is 21.2 Å². The van der Waals surface area contributed by atoms with E-state index in [0.29, 0.717) is 23.1 Å². The molecule has 0 saturated carbocycles. The van der Waals surface area contributed by atoms with Crippen LogP contribution in [-0.2, 0) is 11.4 Å². The molecule has 0 heterocycles. The molecule has 3 aromatic carbocycles. The van der Waals surface area contributed by atoms with Gasteiger partial charge in [-0.25, -0.2) is 5.43 Å². The van der Waals surface area contributed by atoms with Gasteiger partial charge >= 0.3 is 0 Å². The van der Waals surface area contributed by atoms with Crippen LogP contribution in [0.25, 0.3) is 6.08 Å². The number of carbonyl (C=O) groups excluding carboxylic acids is 1. The lowest BCUT2D eigenvalue weighted by atomic mass is 10.2. The molecule has 0 aliphatic rings. The number of methoxy groups -OCH3 is 1. The molecule has 0 radical (unpaired) electrons. The standard InChI is InChI=1S/C25H22BrClN2O3/c1-17-7-9-18(10-8-17)16-32-25-21(26)13-19(14-23(25)31-2)15-28-29-24(30)12-11-20-5-3-4-6-22(20)27/h3-15H,16H2,1-2H3,(H,29,30)/b12-11+,28-15-. The Hall–Kier alpha value is -3.09. The highest BCUT2D eigenvalue weighted by Gasteiger charge is 2.11. The number of benzene rings is 3. The molecule has 0 aromatic heterocycles. The zero-order valence-corrected chi connectivity index (χ0v) is 20.0. The summed E-state index contributed by atoms with van der Waals surface area (Å²) in [5, 5.41) is 4.57. The van der Waals surface area contributed by atoms with Crippen LogP contribution in [0.4, 0.5) is 0 Å². The van der Waals surface area contributed by atoms with E-state index in [4.69, 9.17) is 21.1 Å². The Balaban J connectivity index is 1.63. The normalized spacial score (nSPS) is 11.1. The second-order valence-electron chi connectivity index (χ2n) is 6.90. The van der Waals surface area contributed by atoms with Crippen LogP contribution in [0.1, 0.15) is 22.3 Å². The largest absolute Gasteiger partial charge is 0.493 e. The summed E-state index contributed by atoms with van der Waals surface area (Å²) in [5.74, 6) is 0.778. The minimum absolute atomic E-state index is 0.370. The number of rotatable bonds is 8. The summed E-state index contributed by atoms with van der Waals surface area (Å²) in [6, 6.07) is 19.0. The van der Waals surface area contributed by atoms with Gasteiger partial charge < -0.3 is 9.47 Å². The van der Waals surface area contributed by atoms with Gasteiger partial charge in [0.1, 0.15) is 6.61 Å². The van der Waals surface area contributed by atoms with Gasteiger partial charge in [-0.1, -0.05) is 59.6 Å². The minimum atomic E-state index is -0.370. The number of hydrazone groups is 1. The van der Waals surface area contributed by atoms with Crippen molar-refractivity contribution in [2.45, 2.75) is 13.5 Å². The van der Waals surface area contributed by atoms with Crippen LogP contribution in [0.3, 0.4) is 0 Å². The molecule has 1 N–H and O–H groups in total. The second kappa shape index (κ2) is 11.5. The first kappa shape index (κ1) is 23.6. The van der Waals surface area contributed by atoms with E-state index in [2.05, 4.69) is 26.5 Å². The van der Waals surface area contributed by atoms with Gasteiger partial charge in [0, 0.05) is 11.1 Å². The van der Waals surface area contributed by atoms with Crippen LogP contribution in [0.15, 0.2) is 76.3 Å². The lowest BCUT2D eigenvalue weighted by Crippen LogP contribution is -2.14. The number of aryl methyl sites for hydroxylation is 1. The first-order valence-corrected chi connectivity index (χ1v) is 10.9. The number of nitrogens with zero attached hydrogens (tertiary/aromatic N) is 1. The molecule has 7 heteroatoms. The van der Waals surface area contributed by atoms with Gasteiger partial charge in [-0.2, -0.15) is 5.10 Å². The van der Waals surface area contributed by atoms with Crippen molar-refractivity contribution in [1.29, 1.82) is 0 Å². The van der Waals surface area contributed by atoms with Gasteiger partial charge in [-0.15, -0.1) is 0 Å². The van der Waals surface area contributed by atoms with Gasteiger partial charge in [-0.05, 0) is 63.8 Å². The van der Waals surface area contributed by atoms with Crippen LogP contribution in [0, 0.1) is 6.92 Å². The fourth-order valence-electron chi connectivity index (χ4n) is 2.78. The quantitative estimate of drug-likeness (QED) is 0.223. The third-order valence-electron chi connectivity index (χ3n) is 4.46. The number of hydrogen-bond acceptors (Lipinski definition) is 4. The molecule has 0 aliphatic heterocycles. The summed E-state index contributed by atoms with van der Waals surface area (Å²) in [6.45, 7) is 2.46. The maximum absolute atomic E-state index is 12.0.